The van der Waals surface area contributed by atoms with E-state index in [1.807, 2.05) is 6.07 Å². The van der Waals surface area contributed by atoms with E-state index in [2.05, 4.69) is 10.2 Å². The average Bonchev–Trinajstić information content (AvgIpc) is 2.88. The summed E-state index contributed by atoms with van der Waals surface area (Å²) in [6.45, 7) is 0.0834. The lowest BCUT2D eigenvalue weighted by Gasteiger charge is -2.20. The number of hydrogen-bond acceptors (Lipinski definition) is 6. The molecule has 0 fully saturated rings. The van der Waals surface area contributed by atoms with E-state index in [1.165, 1.54) is 7.11 Å². The number of aromatic amines is 1. The van der Waals surface area contributed by atoms with Crippen molar-refractivity contribution < 1.29 is 23.1 Å². The van der Waals surface area contributed by atoms with Crippen LogP contribution in [0.1, 0.15) is 16.8 Å². The molecule has 2 N–H and O–H groups in total. The number of H-pyrrole nitrogens is 1. The number of rotatable bonds is 8. The summed E-state index contributed by atoms with van der Waals surface area (Å²) < 4.78 is 30.5. The van der Waals surface area contributed by atoms with Crippen molar-refractivity contribution in [3.05, 3.63) is 11.8 Å². The minimum Gasteiger partial charge on any atom is -0.478 e. The number of nitrogens with zero attached hydrogens (tertiary/aromatic N) is 3. The summed E-state index contributed by atoms with van der Waals surface area (Å²) in [6, 6.07) is 1.84. The summed E-state index contributed by atoms with van der Waals surface area (Å²) in [5.41, 5.74) is -0.440. The maximum absolute atomic E-state index is 12.4. The van der Waals surface area contributed by atoms with Crippen LogP contribution in [0.25, 0.3) is 0 Å². The third kappa shape index (κ3) is 3.53. The first-order chi connectivity index (χ1) is 9.45. The van der Waals surface area contributed by atoms with Crippen molar-refractivity contribution in [2.24, 2.45) is 0 Å². The molecule has 0 aliphatic heterocycles. The number of carboxylic acids is 1. The zero-order valence-electron chi connectivity index (χ0n) is 10.7. The van der Waals surface area contributed by atoms with Crippen molar-refractivity contribution >= 4 is 16.0 Å². The zero-order valence-corrected chi connectivity index (χ0v) is 11.6. The third-order valence-electron chi connectivity index (χ3n) is 2.45. The quantitative estimate of drug-likeness (QED) is 0.670. The number of aromatic nitrogens is 2. The van der Waals surface area contributed by atoms with E-state index < -0.39 is 26.6 Å². The highest BCUT2D eigenvalue weighted by atomic mass is 32.2. The number of carbonyl (C=O) groups is 1. The predicted molar refractivity (Wildman–Crippen MR) is 66.4 cm³/mol. The molecule has 0 atom stereocenters. The van der Waals surface area contributed by atoms with Crippen LogP contribution in [0.2, 0.25) is 0 Å². The molecule has 110 valence electrons. The van der Waals surface area contributed by atoms with E-state index in [0.717, 1.165) is 10.5 Å². The van der Waals surface area contributed by atoms with Gasteiger partial charge in [0, 0.05) is 26.6 Å². The highest BCUT2D eigenvalue weighted by Crippen LogP contribution is 2.17. The van der Waals surface area contributed by atoms with Gasteiger partial charge in [0.2, 0.25) is 0 Å². The Morgan fingerprint density at radius 3 is 2.85 bits per heavy atom. The summed E-state index contributed by atoms with van der Waals surface area (Å²) in [4.78, 5) is 11.0. The first-order valence-electron chi connectivity index (χ1n) is 5.57. The SMILES string of the molecule is COCCN(CCC#N)S(=O)(=O)c1[nH]ncc1C(=O)O. The monoisotopic (exact) mass is 302 g/mol. The second-order valence-corrected chi connectivity index (χ2v) is 5.60. The van der Waals surface area contributed by atoms with Gasteiger partial charge in [-0.05, 0) is 0 Å². The molecule has 0 saturated heterocycles. The third-order valence-corrected chi connectivity index (χ3v) is 4.32. The first-order valence-corrected chi connectivity index (χ1v) is 7.01. The van der Waals surface area contributed by atoms with Crippen molar-refractivity contribution in [3.8, 4) is 6.07 Å². The highest BCUT2D eigenvalue weighted by Gasteiger charge is 2.30. The molecule has 0 unspecified atom stereocenters. The predicted octanol–water partition coefficient (Wildman–Crippen LogP) is -0.341. The van der Waals surface area contributed by atoms with Crippen molar-refractivity contribution in [1.29, 1.82) is 5.26 Å². The van der Waals surface area contributed by atoms with E-state index in [9.17, 15) is 13.2 Å². The standard InChI is InChI=1S/C10H14N4O5S/c1-19-6-5-14(4-2-3-11)20(17,18)9-8(10(15)16)7-12-13-9/h7H,2,4-6H2,1H3,(H,12,13)(H,15,16). The lowest BCUT2D eigenvalue weighted by atomic mass is 10.4. The molecule has 0 aromatic carbocycles. The molecule has 1 heterocycles. The van der Waals surface area contributed by atoms with Crippen LogP contribution >= 0.6 is 0 Å². The second-order valence-electron chi connectivity index (χ2n) is 3.72. The van der Waals surface area contributed by atoms with E-state index >= 15 is 0 Å². The molecule has 0 saturated carbocycles. The average molecular weight is 302 g/mol. The van der Waals surface area contributed by atoms with Crippen LogP contribution in [0.15, 0.2) is 11.2 Å². The van der Waals surface area contributed by atoms with Crippen LogP contribution in [-0.2, 0) is 14.8 Å². The maximum atomic E-state index is 12.4. The molecule has 0 aliphatic carbocycles. The number of methoxy groups -OCH3 is 1. The Morgan fingerprint density at radius 2 is 2.30 bits per heavy atom. The Bertz CT molecular complexity index is 603. The van der Waals surface area contributed by atoms with Crippen LogP contribution in [-0.4, -0.2) is 60.8 Å². The molecule has 10 heteroatoms. The van der Waals surface area contributed by atoms with E-state index in [4.69, 9.17) is 15.1 Å². The zero-order chi connectivity index (χ0) is 15.2. The van der Waals surface area contributed by atoms with Gasteiger partial charge >= 0.3 is 5.97 Å². The van der Waals surface area contributed by atoms with Gasteiger partial charge in [-0.2, -0.15) is 14.7 Å². The molecule has 1 aromatic heterocycles. The van der Waals surface area contributed by atoms with Gasteiger partial charge in [-0.25, -0.2) is 13.2 Å². The summed E-state index contributed by atoms with van der Waals surface area (Å²) in [6.07, 6.45) is 0.910. The number of nitriles is 1. The van der Waals surface area contributed by atoms with E-state index in [0.29, 0.717) is 0 Å². The topological polar surface area (TPSA) is 136 Å². The molecule has 9 nitrogen and oxygen atoms in total. The fourth-order valence-electron chi connectivity index (χ4n) is 1.47. The molecule has 0 bridgehead atoms. The number of carboxylic acid groups (broad SMARTS) is 1. The smallest absolute Gasteiger partial charge is 0.340 e. The minimum atomic E-state index is -4.07. The van der Waals surface area contributed by atoms with E-state index in [1.54, 1.807) is 0 Å². The molecule has 0 aliphatic rings. The molecule has 0 amide bonds. The normalized spacial score (nSPS) is 11.4. The minimum absolute atomic E-state index is 0.0125. The van der Waals surface area contributed by atoms with Gasteiger partial charge in [0.1, 0.15) is 5.56 Å². The highest BCUT2D eigenvalue weighted by molar-refractivity contribution is 7.89. The largest absolute Gasteiger partial charge is 0.478 e. The fourth-order valence-corrected chi connectivity index (χ4v) is 2.96. The van der Waals surface area contributed by atoms with Gasteiger partial charge in [0.05, 0.1) is 18.9 Å². The molecule has 20 heavy (non-hydrogen) atoms. The Labute approximate surface area is 115 Å². The summed E-state index contributed by atoms with van der Waals surface area (Å²) in [7, 11) is -2.66. The number of sulfonamides is 1. The second kappa shape index (κ2) is 6.99. The molecule has 0 spiro atoms. The van der Waals surface area contributed by atoms with Crippen molar-refractivity contribution in [1.82, 2.24) is 14.5 Å². The maximum Gasteiger partial charge on any atom is 0.340 e. The van der Waals surface area contributed by atoms with Gasteiger partial charge in [0.25, 0.3) is 10.0 Å². The molecule has 1 rings (SSSR count). The van der Waals surface area contributed by atoms with Gasteiger partial charge in [-0.1, -0.05) is 0 Å². The van der Waals surface area contributed by atoms with Crippen LogP contribution < -0.4 is 0 Å². The van der Waals surface area contributed by atoms with Crippen LogP contribution in [0.5, 0.6) is 0 Å². The number of nitrogens with one attached hydrogen (secondary N) is 1. The van der Waals surface area contributed by atoms with Gasteiger partial charge in [-0.15, -0.1) is 0 Å². The lowest BCUT2D eigenvalue weighted by molar-refractivity contribution is 0.0692. The van der Waals surface area contributed by atoms with Crippen molar-refractivity contribution in [2.75, 3.05) is 26.8 Å². The summed E-state index contributed by atoms with van der Waals surface area (Å²) in [5.74, 6) is -1.40. The van der Waals surface area contributed by atoms with Gasteiger partial charge in [-0.3, -0.25) is 5.10 Å². The Balaban J connectivity index is 3.11. The summed E-state index contributed by atoms with van der Waals surface area (Å²) >= 11 is 0. The van der Waals surface area contributed by atoms with E-state index in [-0.39, 0.29) is 26.1 Å². The van der Waals surface area contributed by atoms with Crippen LogP contribution in [0.3, 0.4) is 0 Å². The molecular weight excluding hydrogens is 288 g/mol. The van der Waals surface area contributed by atoms with Gasteiger partial charge in [0.15, 0.2) is 5.03 Å². The molecule has 1 aromatic rings. The first kappa shape index (κ1) is 16.1. The fraction of sp³-hybridized carbons (Fsp3) is 0.500. The van der Waals surface area contributed by atoms with Crippen LogP contribution in [0.4, 0.5) is 0 Å². The Kier molecular flexibility index (Phi) is 5.63. The van der Waals surface area contributed by atoms with Gasteiger partial charge < -0.3 is 9.84 Å². The molecule has 0 radical (unpaired) electrons. The number of ether oxygens (including phenoxy) is 1. The number of hydrogen-bond donors (Lipinski definition) is 2. The van der Waals surface area contributed by atoms with Crippen molar-refractivity contribution in [3.63, 3.8) is 0 Å². The number of aromatic carboxylic acids is 1. The summed E-state index contributed by atoms with van der Waals surface area (Å²) in [5, 5.41) is 22.6. The van der Waals surface area contributed by atoms with Crippen LogP contribution in [0, 0.1) is 11.3 Å². The lowest BCUT2D eigenvalue weighted by Crippen LogP contribution is -2.35. The van der Waals surface area contributed by atoms with Crippen molar-refractivity contribution in [2.45, 2.75) is 11.4 Å². The Morgan fingerprint density at radius 1 is 1.60 bits per heavy atom. The Hall–Kier alpha value is -1.96. The molecular formula is C10H14N4O5S.